The maximum Gasteiger partial charge on any atom is 0.230 e. The van der Waals surface area contributed by atoms with Crippen molar-refractivity contribution in [1.29, 1.82) is 0 Å². The van der Waals surface area contributed by atoms with Crippen molar-refractivity contribution in [3.63, 3.8) is 0 Å². The van der Waals surface area contributed by atoms with E-state index in [0.29, 0.717) is 11.8 Å². The second-order valence-corrected chi connectivity index (χ2v) is 6.66. The first kappa shape index (κ1) is 13.6. The molecule has 2 N–H and O–H groups in total. The zero-order valence-corrected chi connectivity index (χ0v) is 12.2. The number of carbonyl (C=O) groups is 1. The maximum absolute atomic E-state index is 11.6. The van der Waals surface area contributed by atoms with Gasteiger partial charge in [-0.1, -0.05) is 30.0 Å². The van der Waals surface area contributed by atoms with Crippen LogP contribution in [0.1, 0.15) is 33.1 Å². The fraction of sp³-hybridized carbons (Fsp3) is 0.727. The molecule has 2 rings (SSSR count). The summed E-state index contributed by atoms with van der Waals surface area (Å²) in [5, 5.41) is 15.2. The highest BCUT2D eigenvalue weighted by molar-refractivity contribution is 8.01. The Morgan fingerprint density at radius 2 is 2.33 bits per heavy atom. The number of nitrogens with one attached hydrogen (secondary N) is 2. The summed E-state index contributed by atoms with van der Waals surface area (Å²) in [6.07, 6.45) is 3.39. The third-order valence-corrected chi connectivity index (χ3v) is 4.65. The van der Waals surface area contributed by atoms with Crippen LogP contribution in [0.25, 0.3) is 0 Å². The summed E-state index contributed by atoms with van der Waals surface area (Å²) in [7, 11) is 0. The molecule has 18 heavy (non-hydrogen) atoms. The molecule has 0 aromatic carbocycles. The van der Waals surface area contributed by atoms with Crippen molar-refractivity contribution in [1.82, 2.24) is 15.5 Å². The first-order chi connectivity index (χ1) is 8.67. The summed E-state index contributed by atoms with van der Waals surface area (Å²) in [5.41, 5.74) is 0. The van der Waals surface area contributed by atoms with Crippen LogP contribution >= 0.6 is 23.1 Å². The van der Waals surface area contributed by atoms with E-state index in [1.54, 1.807) is 0 Å². The molecular formula is C11H18N4OS2. The highest BCUT2D eigenvalue weighted by Gasteiger charge is 2.22. The average Bonchev–Trinajstić information content (AvgIpc) is 3.04. The first-order valence-electron chi connectivity index (χ1n) is 6.19. The third kappa shape index (κ3) is 4.45. The molecule has 100 valence electrons. The summed E-state index contributed by atoms with van der Waals surface area (Å²) >= 11 is 2.96. The van der Waals surface area contributed by atoms with Gasteiger partial charge in [0.15, 0.2) is 4.34 Å². The molecular weight excluding hydrogens is 268 g/mol. The number of anilines is 1. The van der Waals surface area contributed by atoms with Crippen molar-refractivity contribution in [2.24, 2.45) is 0 Å². The van der Waals surface area contributed by atoms with Crippen molar-refractivity contribution in [3.8, 4) is 0 Å². The van der Waals surface area contributed by atoms with Gasteiger partial charge in [0.1, 0.15) is 0 Å². The van der Waals surface area contributed by atoms with Crippen molar-refractivity contribution in [2.45, 2.75) is 49.5 Å². The topological polar surface area (TPSA) is 66.9 Å². The lowest BCUT2D eigenvalue weighted by molar-refractivity contribution is -0.119. The Balaban J connectivity index is 1.71. The maximum atomic E-state index is 11.6. The minimum Gasteiger partial charge on any atom is -0.357 e. The summed E-state index contributed by atoms with van der Waals surface area (Å²) in [6.45, 7) is 4.06. The zero-order chi connectivity index (χ0) is 13.0. The van der Waals surface area contributed by atoms with Gasteiger partial charge in [0.25, 0.3) is 0 Å². The van der Waals surface area contributed by atoms with Crippen molar-refractivity contribution in [2.75, 3.05) is 11.1 Å². The molecule has 0 saturated heterocycles. The van der Waals surface area contributed by atoms with E-state index in [-0.39, 0.29) is 11.9 Å². The fourth-order valence-electron chi connectivity index (χ4n) is 1.27. The number of aromatic nitrogens is 2. The predicted octanol–water partition coefficient (Wildman–Crippen LogP) is 2.12. The van der Waals surface area contributed by atoms with Gasteiger partial charge in [0, 0.05) is 12.1 Å². The molecule has 5 nitrogen and oxygen atoms in total. The number of carbonyl (C=O) groups excluding carboxylic acids is 1. The van der Waals surface area contributed by atoms with Crippen LogP contribution in [0.15, 0.2) is 4.34 Å². The van der Waals surface area contributed by atoms with Crippen LogP contribution in [-0.2, 0) is 4.79 Å². The predicted molar refractivity (Wildman–Crippen MR) is 75.2 cm³/mol. The second kappa shape index (κ2) is 6.38. The van der Waals surface area contributed by atoms with Crippen LogP contribution in [0.3, 0.4) is 0 Å². The lowest BCUT2D eigenvalue weighted by Gasteiger charge is -2.09. The number of thioether (sulfide) groups is 1. The zero-order valence-electron chi connectivity index (χ0n) is 10.6. The van der Waals surface area contributed by atoms with E-state index in [1.165, 1.54) is 35.9 Å². The highest BCUT2D eigenvalue weighted by atomic mass is 32.2. The molecule has 0 bridgehead atoms. The molecule has 1 saturated carbocycles. The molecule has 0 unspecified atom stereocenters. The van der Waals surface area contributed by atoms with E-state index < -0.39 is 0 Å². The van der Waals surface area contributed by atoms with Crippen LogP contribution in [0.4, 0.5) is 5.13 Å². The Hall–Kier alpha value is -0.820. The van der Waals surface area contributed by atoms with Crippen molar-refractivity contribution < 1.29 is 4.79 Å². The van der Waals surface area contributed by atoms with Crippen LogP contribution in [0.2, 0.25) is 0 Å². The average molecular weight is 286 g/mol. The van der Waals surface area contributed by atoms with E-state index in [9.17, 15) is 4.79 Å². The molecule has 1 aromatic rings. The van der Waals surface area contributed by atoms with Gasteiger partial charge in [-0.3, -0.25) is 4.79 Å². The Morgan fingerprint density at radius 3 is 3.00 bits per heavy atom. The van der Waals surface area contributed by atoms with Gasteiger partial charge in [-0.15, -0.1) is 10.2 Å². The largest absolute Gasteiger partial charge is 0.357 e. The molecule has 1 fully saturated rings. The summed E-state index contributed by atoms with van der Waals surface area (Å²) < 4.78 is 0.845. The Morgan fingerprint density at radius 1 is 1.56 bits per heavy atom. The number of rotatable bonds is 7. The molecule has 1 atom stereocenters. The van der Waals surface area contributed by atoms with Gasteiger partial charge < -0.3 is 10.6 Å². The fourth-order valence-corrected chi connectivity index (χ4v) is 2.91. The van der Waals surface area contributed by atoms with Gasteiger partial charge in [-0.05, 0) is 26.2 Å². The molecule has 1 aromatic heterocycles. The van der Waals surface area contributed by atoms with Gasteiger partial charge in [-0.2, -0.15) is 0 Å². The summed E-state index contributed by atoms with van der Waals surface area (Å²) in [5.74, 6) is 0.462. The smallest absolute Gasteiger partial charge is 0.230 e. The van der Waals surface area contributed by atoms with Crippen LogP contribution in [0, 0.1) is 0 Å². The molecule has 7 heteroatoms. The number of hydrogen-bond acceptors (Lipinski definition) is 6. The standard InChI is InChI=1S/C11H18N4OS2/c1-3-7(2)12-9(16)6-17-11-15-14-10(18-11)13-8-4-5-8/h7-8H,3-6H2,1-2H3,(H,12,16)(H,13,14)/t7-/m0/s1. The minimum absolute atomic E-state index is 0.0567. The van der Waals surface area contributed by atoms with Gasteiger partial charge in [-0.25, -0.2) is 0 Å². The van der Waals surface area contributed by atoms with Gasteiger partial charge in [0.2, 0.25) is 11.0 Å². The molecule has 1 aliphatic carbocycles. The van der Waals surface area contributed by atoms with Crippen LogP contribution < -0.4 is 10.6 Å². The Kier molecular flexibility index (Phi) is 4.82. The molecule has 0 radical (unpaired) electrons. The molecule has 1 amide bonds. The van der Waals surface area contributed by atoms with E-state index in [2.05, 4.69) is 27.8 Å². The summed E-state index contributed by atoms with van der Waals surface area (Å²) in [4.78, 5) is 11.6. The van der Waals surface area contributed by atoms with E-state index >= 15 is 0 Å². The molecule has 1 heterocycles. The lowest BCUT2D eigenvalue weighted by atomic mass is 10.3. The normalized spacial score (nSPS) is 16.3. The number of hydrogen-bond donors (Lipinski definition) is 2. The molecule has 1 aliphatic rings. The molecule has 0 aliphatic heterocycles. The third-order valence-electron chi connectivity index (χ3n) is 2.66. The number of nitrogens with zero attached hydrogens (tertiary/aromatic N) is 2. The van der Waals surface area contributed by atoms with Gasteiger partial charge in [0.05, 0.1) is 5.75 Å². The van der Waals surface area contributed by atoms with E-state index in [4.69, 9.17) is 0 Å². The van der Waals surface area contributed by atoms with E-state index in [1.807, 2.05) is 6.92 Å². The first-order valence-corrected chi connectivity index (χ1v) is 7.99. The number of amides is 1. The monoisotopic (exact) mass is 286 g/mol. The van der Waals surface area contributed by atoms with Crippen LogP contribution in [0.5, 0.6) is 0 Å². The highest BCUT2D eigenvalue weighted by Crippen LogP contribution is 2.29. The quantitative estimate of drug-likeness (QED) is 0.752. The van der Waals surface area contributed by atoms with E-state index in [0.717, 1.165) is 15.9 Å². The lowest BCUT2D eigenvalue weighted by Crippen LogP contribution is -2.33. The SMILES string of the molecule is CC[C@H](C)NC(=O)CSc1nnc(NC2CC2)s1. The minimum atomic E-state index is 0.0567. The molecule has 0 spiro atoms. The van der Waals surface area contributed by atoms with Crippen molar-refractivity contribution >= 4 is 34.1 Å². The summed E-state index contributed by atoms with van der Waals surface area (Å²) in [6, 6.07) is 0.823. The Bertz CT molecular complexity index is 406. The second-order valence-electron chi connectivity index (χ2n) is 4.46. The van der Waals surface area contributed by atoms with Crippen molar-refractivity contribution in [3.05, 3.63) is 0 Å². The van der Waals surface area contributed by atoms with Gasteiger partial charge >= 0.3 is 0 Å². The van der Waals surface area contributed by atoms with Crippen LogP contribution in [-0.4, -0.2) is 33.9 Å². The Labute approximate surface area is 115 Å².